The maximum Gasteiger partial charge on any atom is 0.267 e. The second-order valence-electron chi connectivity index (χ2n) is 6.55. The van der Waals surface area contributed by atoms with Crippen LogP contribution in [0.4, 0.5) is 0 Å². The lowest BCUT2D eigenvalue weighted by molar-refractivity contribution is 0.0161. The Labute approximate surface area is 148 Å². The average molecular weight is 342 g/mol. The van der Waals surface area contributed by atoms with Crippen molar-refractivity contribution >= 4 is 5.91 Å². The lowest BCUT2D eigenvalue weighted by Gasteiger charge is -2.34. The van der Waals surface area contributed by atoms with Crippen molar-refractivity contribution in [1.29, 1.82) is 0 Å². The highest BCUT2D eigenvalue weighted by molar-refractivity contribution is 5.92. The van der Waals surface area contributed by atoms with Crippen molar-refractivity contribution in [2.45, 2.75) is 25.9 Å². The minimum atomic E-state index is -0.0409. The standard InChI is InChI=1S/C19H26N4O2/c1-15(2)23-8-4-6-17(23)19(24)21-14-18(16-5-3-7-20-13-16)22-9-11-25-12-10-22/h3-8,13,15,18H,9-12,14H2,1-2H3,(H,21,24)/t18-/m0/s1. The summed E-state index contributed by atoms with van der Waals surface area (Å²) >= 11 is 0. The molecule has 6 heteroatoms. The topological polar surface area (TPSA) is 59.4 Å². The number of amides is 1. The van der Waals surface area contributed by atoms with E-state index in [1.54, 1.807) is 6.20 Å². The summed E-state index contributed by atoms with van der Waals surface area (Å²) in [5.74, 6) is -0.0409. The van der Waals surface area contributed by atoms with Gasteiger partial charge in [-0.25, -0.2) is 0 Å². The predicted molar refractivity (Wildman–Crippen MR) is 96.5 cm³/mol. The number of hydrogen-bond donors (Lipinski definition) is 1. The predicted octanol–water partition coefficient (Wildman–Crippen LogP) is 2.27. The molecule has 25 heavy (non-hydrogen) atoms. The van der Waals surface area contributed by atoms with Crippen LogP contribution >= 0.6 is 0 Å². The number of hydrogen-bond acceptors (Lipinski definition) is 4. The molecule has 2 aromatic rings. The average Bonchev–Trinajstić information content (AvgIpc) is 3.14. The minimum absolute atomic E-state index is 0.0409. The molecule has 0 aromatic carbocycles. The summed E-state index contributed by atoms with van der Waals surface area (Å²) in [7, 11) is 0. The number of ether oxygens (including phenoxy) is 1. The fourth-order valence-corrected chi connectivity index (χ4v) is 3.24. The van der Waals surface area contributed by atoms with E-state index in [1.165, 1.54) is 0 Å². The lowest BCUT2D eigenvalue weighted by atomic mass is 10.1. The van der Waals surface area contributed by atoms with E-state index in [4.69, 9.17) is 4.74 Å². The molecule has 1 amide bonds. The summed E-state index contributed by atoms with van der Waals surface area (Å²) in [6.45, 7) is 7.86. The summed E-state index contributed by atoms with van der Waals surface area (Å²) in [5.41, 5.74) is 1.81. The fraction of sp³-hybridized carbons (Fsp3) is 0.474. The van der Waals surface area contributed by atoms with E-state index in [1.807, 2.05) is 35.2 Å². The number of carbonyl (C=O) groups excluding carboxylic acids is 1. The maximum absolute atomic E-state index is 12.7. The van der Waals surface area contributed by atoms with Crippen LogP contribution in [0.3, 0.4) is 0 Å². The molecule has 0 radical (unpaired) electrons. The third-order valence-electron chi connectivity index (χ3n) is 4.58. The normalized spacial score (nSPS) is 16.8. The van der Waals surface area contributed by atoms with Gasteiger partial charge < -0.3 is 14.6 Å². The molecule has 0 saturated carbocycles. The molecule has 6 nitrogen and oxygen atoms in total. The minimum Gasteiger partial charge on any atom is -0.379 e. The molecule has 0 bridgehead atoms. The van der Waals surface area contributed by atoms with E-state index >= 15 is 0 Å². The maximum atomic E-state index is 12.7. The number of nitrogens with one attached hydrogen (secondary N) is 1. The Kier molecular flexibility index (Phi) is 5.83. The number of carbonyl (C=O) groups is 1. The van der Waals surface area contributed by atoms with Gasteiger partial charge in [-0.05, 0) is 37.6 Å². The SMILES string of the molecule is CC(C)n1cccc1C(=O)NC[C@@H](c1cccnc1)N1CCOCC1. The van der Waals surface area contributed by atoms with Crippen LogP contribution in [0.2, 0.25) is 0 Å². The Morgan fingerprint density at radius 3 is 2.76 bits per heavy atom. The Morgan fingerprint density at radius 1 is 1.28 bits per heavy atom. The van der Waals surface area contributed by atoms with Crippen molar-refractivity contribution in [3.63, 3.8) is 0 Å². The second kappa shape index (κ2) is 8.27. The molecule has 1 atom stereocenters. The van der Waals surface area contributed by atoms with Crippen molar-refractivity contribution < 1.29 is 9.53 Å². The number of pyridine rings is 1. The zero-order valence-corrected chi connectivity index (χ0v) is 14.9. The van der Waals surface area contributed by atoms with Crippen LogP contribution in [-0.4, -0.2) is 53.2 Å². The van der Waals surface area contributed by atoms with Crippen LogP contribution in [0.1, 0.15) is 42.0 Å². The van der Waals surface area contributed by atoms with Gasteiger partial charge in [0.15, 0.2) is 0 Å². The van der Waals surface area contributed by atoms with Crippen LogP contribution in [0.25, 0.3) is 0 Å². The van der Waals surface area contributed by atoms with Gasteiger partial charge in [-0.2, -0.15) is 0 Å². The summed E-state index contributed by atoms with van der Waals surface area (Å²) < 4.78 is 7.45. The van der Waals surface area contributed by atoms with Crippen molar-refractivity contribution in [3.05, 3.63) is 54.1 Å². The molecule has 134 valence electrons. The van der Waals surface area contributed by atoms with Crippen LogP contribution in [0.5, 0.6) is 0 Å². The number of nitrogens with zero attached hydrogens (tertiary/aromatic N) is 3. The molecular weight excluding hydrogens is 316 g/mol. The van der Waals surface area contributed by atoms with Crippen LogP contribution in [-0.2, 0) is 4.74 Å². The Bertz CT molecular complexity index is 678. The smallest absolute Gasteiger partial charge is 0.267 e. The second-order valence-corrected chi connectivity index (χ2v) is 6.55. The molecule has 2 aromatic heterocycles. The van der Waals surface area contributed by atoms with Gasteiger partial charge in [0, 0.05) is 44.3 Å². The highest BCUT2D eigenvalue weighted by Gasteiger charge is 2.24. The van der Waals surface area contributed by atoms with E-state index in [-0.39, 0.29) is 18.0 Å². The first-order valence-electron chi connectivity index (χ1n) is 8.83. The summed E-state index contributed by atoms with van der Waals surface area (Å²) in [6, 6.07) is 8.14. The first-order valence-corrected chi connectivity index (χ1v) is 8.83. The molecule has 1 aliphatic heterocycles. The zero-order chi connectivity index (χ0) is 17.6. The Hall–Kier alpha value is -2.18. The van der Waals surface area contributed by atoms with Gasteiger partial charge in [-0.3, -0.25) is 14.7 Å². The van der Waals surface area contributed by atoms with Gasteiger partial charge in [-0.15, -0.1) is 0 Å². The molecule has 1 N–H and O–H groups in total. The van der Waals surface area contributed by atoms with E-state index < -0.39 is 0 Å². The van der Waals surface area contributed by atoms with Crippen molar-refractivity contribution in [2.75, 3.05) is 32.8 Å². The number of morpholine rings is 1. The molecule has 0 aliphatic carbocycles. The number of aromatic nitrogens is 2. The van der Waals surface area contributed by atoms with Crippen LogP contribution in [0.15, 0.2) is 42.9 Å². The van der Waals surface area contributed by atoms with Crippen molar-refractivity contribution in [2.24, 2.45) is 0 Å². The van der Waals surface area contributed by atoms with Gasteiger partial charge in [-0.1, -0.05) is 6.07 Å². The Balaban J connectivity index is 1.72. The van der Waals surface area contributed by atoms with E-state index in [0.717, 1.165) is 31.9 Å². The molecule has 0 spiro atoms. The Morgan fingerprint density at radius 2 is 2.08 bits per heavy atom. The molecule has 3 rings (SSSR count). The molecule has 1 fully saturated rings. The summed E-state index contributed by atoms with van der Waals surface area (Å²) in [6.07, 6.45) is 5.59. The van der Waals surface area contributed by atoms with E-state index in [0.29, 0.717) is 12.2 Å². The van der Waals surface area contributed by atoms with Gasteiger partial charge in [0.05, 0.1) is 19.3 Å². The van der Waals surface area contributed by atoms with Crippen LogP contribution in [0, 0.1) is 0 Å². The highest BCUT2D eigenvalue weighted by Crippen LogP contribution is 2.20. The molecule has 0 unspecified atom stereocenters. The third-order valence-corrected chi connectivity index (χ3v) is 4.58. The molecule has 1 saturated heterocycles. The van der Waals surface area contributed by atoms with E-state index in [2.05, 4.69) is 35.1 Å². The zero-order valence-electron chi connectivity index (χ0n) is 14.9. The quantitative estimate of drug-likeness (QED) is 0.875. The summed E-state index contributed by atoms with van der Waals surface area (Å²) in [4.78, 5) is 19.2. The third kappa shape index (κ3) is 4.27. The van der Waals surface area contributed by atoms with Gasteiger partial charge in [0.1, 0.15) is 5.69 Å². The number of rotatable bonds is 6. The highest BCUT2D eigenvalue weighted by atomic mass is 16.5. The van der Waals surface area contributed by atoms with E-state index in [9.17, 15) is 4.79 Å². The fourth-order valence-electron chi connectivity index (χ4n) is 3.24. The van der Waals surface area contributed by atoms with Gasteiger partial charge in [0.25, 0.3) is 5.91 Å². The summed E-state index contributed by atoms with van der Waals surface area (Å²) in [5, 5.41) is 3.11. The molecular formula is C19H26N4O2. The van der Waals surface area contributed by atoms with Crippen molar-refractivity contribution in [1.82, 2.24) is 19.8 Å². The van der Waals surface area contributed by atoms with Crippen LogP contribution < -0.4 is 5.32 Å². The molecule has 3 heterocycles. The van der Waals surface area contributed by atoms with Gasteiger partial charge in [0.2, 0.25) is 0 Å². The largest absolute Gasteiger partial charge is 0.379 e. The lowest BCUT2D eigenvalue weighted by Crippen LogP contribution is -2.44. The first-order chi connectivity index (χ1) is 12.2. The monoisotopic (exact) mass is 342 g/mol. The first kappa shape index (κ1) is 17.6. The molecule has 1 aliphatic rings. The van der Waals surface area contributed by atoms with Crippen molar-refractivity contribution in [3.8, 4) is 0 Å². The van der Waals surface area contributed by atoms with Gasteiger partial charge >= 0.3 is 0 Å².